The number of rotatable bonds is 9. The summed E-state index contributed by atoms with van der Waals surface area (Å²) in [6.45, 7) is 3.72. The molecule has 0 atom stereocenters. The maximum Gasteiger partial charge on any atom is 0.167 e. The van der Waals surface area contributed by atoms with E-state index in [9.17, 15) is 4.39 Å². The third-order valence-electron chi connectivity index (χ3n) is 3.82. The van der Waals surface area contributed by atoms with Gasteiger partial charge in [-0.05, 0) is 37.2 Å². The SMILES string of the molecule is CCCCNCc1c(Br)ccc(OC)c1OCc1c(F)cccc1Cl. The summed E-state index contributed by atoms with van der Waals surface area (Å²) >= 11 is 9.65. The smallest absolute Gasteiger partial charge is 0.167 e. The molecule has 25 heavy (non-hydrogen) atoms. The van der Waals surface area contributed by atoms with Gasteiger partial charge in [-0.3, -0.25) is 0 Å². The van der Waals surface area contributed by atoms with Gasteiger partial charge in [-0.1, -0.05) is 46.9 Å². The number of halogens is 3. The average Bonchev–Trinajstić information content (AvgIpc) is 2.60. The monoisotopic (exact) mass is 429 g/mol. The number of nitrogens with one attached hydrogen (secondary N) is 1. The van der Waals surface area contributed by atoms with E-state index in [1.54, 1.807) is 19.2 Å². The molecule has 2 aromatic carbocycles. The lowest BCUT2D eigenvalue weighted by molar-refractivity contribution is 0.276. The van der Waals surface area contributed by atoms with E-state index < -0.39 is 0 Å². The molecule has 2 rings (SSSR count). The molecule has 0 aromatic heterocycles. The zero-order valence-electron chi connectivity index (χ0n) is 14.4. The van der Waals surface area contributed by atoms with Gasteiger partial charge in [0.2, 0.25) is 0 Å². The molecule has 0 saturated heterocycles. The van der Waals surface area contributed by atoms with Gasteiger partial charge in [-0.15, -0.1) is 0 Å². The highest BCUT2D eigenvalue weighted by Gasteiger charge is 2.16. The van der Waals surface area contributed by atoms with Crippen LogP contribution in [0.4, 0.5) is 4.39 Å². The topological polar surface area (TPSA) is 30.5 Å². The molecule has 0 saturated carbocycles. The van der Waals surface area contributed by atoms with Crippen LogP contribution < -0.4 is 14.8 Å². The van der Waals surface area contributed by atoms with Gasteiger partial charge in [0.05, 0.1) is 12.1 Å². The Morgan fingerprint density at radius 2 is 2.00 bits per heavy atom. The molecule has 0 amide bonds. The summed E-state index contributed by atoms with van der Waals surface area (Å²) in [6.07, 6.45) is 2.23. The first kappa shape index (κ1) is 20.0. The van der Waals surface area contributed by atoms with Gasteiger partial charge in [0.1, 0.15) is 12.4 Å². The van der Waals surface area contributed by atoms with Crippen molar-refractivity contribution in [1.82, 2.24) is 5.32 Å². The largest absolute Gasteiger partial charge is 0.493 e. The van der Waals surface area contributed by atoms with Crippen molar-refractivity contribution >= 4 is 27.5 Å². The summed E-state index contributed by atoms with van der Waals surface area (Å²) in [5, 5.41) is 3.73. The molecule has 0 fully saturated rings. The molecule has 0 bridgehead atoms. The molecule has 6 heteroatoms. The normalized spacial score (nSPS) is 10.8. The van der Waals surface area contributed by atoms with Crippen LogP contribution in [0.3, 0.4) is 0 Å². The Kier molecular flexibility index (Phi) is 8.00. The van der Waals surface area contributed by atoms with Crippen LogP contribution in [0.2, 0.25) is 5.02 Å². The van der Waals surface area contributed by atoms with Gasteiger partial charge in [-0.25, -0.2) is 4.39 Å². The molecular formula is C19H22BrClFNO2. The van der Waals surface area contributed by atoms with Gasteiger partial charge in [0.15, 0.2) is 11.5 Å². The average molecular weight is 431 g/mol. The summed E-state index contributed by atoms with van der Waals surface area (Å²) in [7, 11) is 1.58. The van der Waals surface area contributed by atoms with Crippen molar-refractivity contribution in [1.29, 1.82) is 0 Å². The predicted molar refractivity (Wildman–Crippen MR) is 103 cm³/mol. The molecule has 136 valence electrons. The lowest BCUT2D eigenvalue weighted by atomic mass is 10.1. The van der Waals surface area contributed by atoms with Crippen LogP contribution in [-0.4, -0.2) is 13.7 Å². The fourth-order valence-corrected chi connectivity index (χ4v) is 3.07. The predicted octanol–water partition coefficient (Wildman–Crippen LogP) is 5.72. The number of hydrogen-bond acceptors (Lipinski definition) is 3. The molecule has 0 heterocycles. The quantitative estimate of drug-likeness (QED) is 0.516. The maximum absolute atomic E-state index is 14.0. The van der Waals surface area contributed by atoms with Crippen LogP contribution in [0.25, 0.3) is 0 Å². The molecule has 0 aliphatic carbocycles. The fraction of sp³-hybridized carbons (Fsp3) is 0.368. The Hall–Kier alpha value is -1.30. The summed E-state index contributed by atoms with van der Waals surface area (Å²) < 4.78 is 26.2. The summed E-state index contributed by atoms with van der Waals surface area (Å²) in [6, 6.07) is 8.32. The van der Waals surface area contributed by atoms with Crippen molar-refractivity contribution in [2.24, 2.45) is 0 Å². The summed E-state index contributed by atoms with van der Waals surface area (Å²) in [5.41, 5.74) is 1.26. The van der Waals surface area contributed by atoms with Crippen molar-refractivity contribution in [3.63, 3.8) is 0 Å². The minimum absolute atomic E-state index is 0.0281. The second-order valence-electron chi connectivity index (χ2n) is 5.58. The van der Waals surface area contributed by atoms with E-state index >= 15 is 0 Å². The molecule has 0 unspecified atom stereocenters. The first-order valence-corrected chi connectivity index (χ1v) is 9.37. The van der Waals surface area contributed by atoms with E-state index in [0.29, 0.717) is 28.6 Å². The molecule has 2 aromatic rings. The zero-order chi connectivity index (χ0) is 18.2. The zero-order valence-corrected chi connectivity index (χ0v) is 16.7. The second kappa shape index (κ2) is 10.00. The Labute approximate surface area is 161 Å². The van der Waals surface area contributed by atoms with E-state index in [1.165, 1.54) is 6.07 Å². The first-order valence-electron chi connectivity index (χ1n) is 8.20. The fourth-order valence-electron chi connectivity index (χ4n) is 2.40. The van der Waals surface area contributed by atoms with E-state index in [2.05, 4.69) is 28.2 Å². The molecule has 1 N–H and O–H groups in total. The van der Waals surface area contributed by atoms with Gasteiger partial charge >= 0.3 is 0 Å². The molecule has 0 aliphatic rings. The highest BCUT2D eigenvalue weighted by Crippen LogP contribution is 2.37. The first-order chi connectivity index (χ1) is 12.1. The second-order valence-corrected chi connectivity index (χ2v) is 6.84. The number of unbranched alkanes of at least 4 members (excludes halogenated alkanes) is 1. The minimum Gasteiger partial charge on any atom is -0.493 e. The van der Waals surface area contributed by atoms with Crippen molar-refractivity contribution in [3.05, 3.63) is 56.8 Å². The molecule has 3 nitrogen and oxygen atoms in total. The lowest BCUT2D eigenvalue weighted by Gasteiger charge is -2.18. The van der Waals surface area contributed by atoms with Gasteiger partial charge < -0.3 is 14.8 Å². The van der Waals surface area contributed by atoms with Crippen LogP contribution in [0.1, 0.15) is 30.9 Å². The maximum atomic E-state index is 14.0. The highest BCUT2D eigenvalue weighted by molar-refractivity contribution is 9.10. The third kappa shape index (κ3) is 5.33. The number of methoxy groups -OCH3 is 1. The van der Waals surface area contributed by atoms with E-state index in [0.717, 1.165) is 29.4 Å². The van der Waals surface area contributed by atoms with Crippen molar-refractivity contribution in [3.8, 4) is 11.5 Å². The minimum atomic E-state index is -0.385. The highest BCUT2D eigenvalue weighted by atomic mass is 79.9. The molecule has 0 spiro atoms. The van der Waals surface area contributed by atoms with E-state index in [1.807, 2.05) is 12.1 Å². The van der Waals surface area contributed by atoms with Crippen LogP contribution in [0, 0.1) is 5.82 Å². The van der Waals surface area contributed by atoms with Gasteiger partial charge in [-0.2, -0.15) is 0 Å². The lowest BCUT2D eigenvalue weighted by Crippen LogP contribution is -2.16. The number of hydrogen-bond donors (Lipinski definition) is 1. The Morgan fingerprint density at radius 3 is 2.68 bits per heavy atom. The van der Waals surface area contributed by atoms with Crippen molar-refractivity contribution in [2.45, 2.75) is 32.9 Å². The molecule has 0 radical (unpaired) electrons. The van der Waals surface area contributed by atoms with Gasteiger partial charge in [0.25, 0.3) is 0 Å². The van der Waals surface area contributed by atoms with Crippen LogP contribution in [-0.2, 0) is 13.2 Å². The number of benzene rings is 2. The summed E-state index contributed by atoms with van der Waals surface area (Å²) in [5.74, 6) is 0.798. The van der Waals surface area contributed by atoms with E-state index in [-0.39, 0.29) is 12.4 Å². The molecule has 0 aliphatic heterocycles. The summed E-state index contributed by atoms with van der Waals surface area (Å²) in [4.78, 5) is 0. The Bertz CT molecular complexity index is 692. The van der Waals surface area contributed by atoms with Crippen LogP contribution in [0.15, 0.2) is 34.8 Å². The Balaban J connectivity index is 2.23. The standard InChI is InChI=1S/C19H22BrClFNO2/c1-3-4-10-23-11-13-15(20)8-9-18(24-2)19(13)25-12-14-16(21)6-5-7-17(14)22/h5-9,23H,3-4,10-12H2,1-2H3. The number of ether oxygens (including phenoxy) is 2. The van der Waals surface area contributed by atoms with Crippen LogP contribution in [0.5, 0.6) is 11.5 Å². The van der Waals surface area contributed by atoms with E-state index in [4.69, 9.17) is 21.1 Å². The van der Waals surface area contributed by atoms with Crippen molar-refractivity contribution < 1.29 is 13.9 Å². The van der Waals surface area contributed by atoms with Crippen molar-refractivity contribution in [2.75, 3.05) is 13.7 Å². The van der Waals surface area contributed by atoms with Gasteiger partial charge in [0, 0.05) is 22.1 Å². The third-order valence-corrected chi connectivity index (χ3v) is 4.92. The molecular weight excluding hydrogens is 409 g/mol. The van der Waals surface area contributed by atoms with Crippen LogP contribution >= 0.6 is 27.5 Å². The Morgan fingerprint density at radius 1 is 1.20 bits per heavy atom.